The highest BCUT2D eigenvalue weighted by Gasteiger charge is 2.29. The number of carbonyl (C=O) groups is 2. The number of anilines is 3. The molecule has 4 N–H and O–H groups in total. The van der Waals surface area contributed by atoms with E-state index in [0.29, 0.717) is 28.0 Å². The molecule has 1 heterocycles. The number of azide groups is 1. The molecule has 10 heteroatoms. The van der Waals surface area contributed by atoms with E-state index in [-0.39, 0.29) is 18.8 Å². The number of oxime groups is 1. The molecular weight excluding hydrogens is 398 g/mol. The van der Waals surface area contributed by atoms with E-state index in [1.807, 2.05) is 24.3 Å². The number of carbonyl (C=O) groups excluding carboxylic acids is 2. The van der Waals surface area contributed by atoms with Crippen LogP contribution < -0.4 is 16.0 Å². The molecule has 0 fully saturated rings. The van der Waals surface area contributed by atoms with Gasteiger partial charge < -0.3 is 16.3 Å². The van der Waals surface area contributed by atoms with E-state index in [1.54, 1.807) is 30.3 Å². The summed E-state index contributed by atoms with van der Waals surface area (Å²) in [4.78, 5) is 29.7. The van der Waals surface area contributed by atoms with Crippen LogP contribution in [0.2, 0.25) is 0 Å². The summed E-state index contributed by atoms with van der Waals surface area (Å²) >= 11 is 0. The van der Waals surface area contributed by atoms with Crippen molar-refractivity contribution in [1.82, 2.24) is 0 Å². The molecule has 1 aliphatic heterocycles. The zero-order valence-corrected chi connectivity index (χ0v) is 16.2. The molecule has 0 bridgehead atoms. The summed E-state index contributed by atoms with van der Waals surface area (Å²) in [5.41, 5.74) is 16.9. The van der Waals surface area contributed by atoms with Crippen LogP contribution in [0.25, 0.3) is 21.2 Å². The second-order valence-electron chi connectivity index (χ2n) is 6.89. The first-order valence-electron chi connectivity index (χ1n) is 9.29. The molecule has 4 rings (SSSR count). The van der Waals surface area contributed by atoms with Crippen LogP contribution in [-0.2, 0) is 16.1 Å². The fourth-order valence-corrected chi connectivity index (χ4v) is 3.56. The van der Waals surface area contributed by atoms with E-state index >= 15 is 0 Å². The van der Waals surface area contributed by atoms with Crippen molar-refractivity contribution in [3.05, 3.63) is 76.2 Å². The Morgan fingerprint density at radius 1 is 1.19 bits per heavy atom. The molecule has 0 spiro atoms. The van der Waals surface area contributed by atoms with Crippen LogP contribution in [0.1, 0.15) is 17.5 Å². The van der Waals surface area contributed by atoms with E-state index in [9.17, 15) is 9.59 Å². The average Bonchev–Trinajstić information content (AvgIpc) is 2.91. The van der Waals surface area contributed by atoms with Gasteiger partial charge in [0.15, 0.2) is 5.84 Å². The second-order valence-corrected chi connectivity index (χ2v) is 6.89. The minimum absolute atomic E-state index is 0.0975. The topological polar surface area (TPSA) is 157 Å². The standard InChI is InChI=1S/C21H17N7O3/c22-21(26-31)14-2-1-3-15(9-14)28-17-7-6-13-5-4-12(11-24-27-23)8-16(13)20(17)25-18(29)10-19(28)30/h1-9,31H,10-11H2,(H2,22,26)(H,25,29). The lowest BCUT2D eigenvalue weighted by atomic mass is 10.0. The zero-order valence-electron chi connectivity index (χ0n) is 16.2. The van der Waals surface area contributed by atoms with Crippen molar-refractivity contribution in [3.8, 4) is 0 Å². The maximum atomic E-state index is 13.0. The van der Waals surface area contributed by atoms with Gasteiger partial charge in [0, 0.05) is 21.5 Å². The van der Waals surface area contributed by atoms with Crippen LogP contribution in [-0.4, -0.2) is 22.9 Å². The largest absolute Gasteiger partial charge is 0.409 e. The normalized spacial score (nSPS) is 13.9. The molecule has 0 radical (unpaired) electrons. The molecule has 1 aliphatic rings. The summed E-state index contributed by atoms with van der Waals surface area (Å²) in [6.07, 6.45) is -0.345. The Balaban J connectivity index is 1.93. The van der Waals surface area contributed by atoms with Gasteiger partial charge >= 0.3 is 0 Å². The van der Waals surface area contributed by atoms with Crippen molar-refractivity contribution in [2.45, 2.75) is 13.0 Å². The molecular formula is C21H17N7O3. The third-order valence-corrected chi connectivity index (χ3v) is 4.95. The van der Waals surface area contributed by atoms with Crippen molar-refractivity contribution >= 4 is 45.5 Å². The van der Waals surface area contributed by atoms with Crippen LogP contribution in [0.3, 0.4) is 0 Å². The van der Waals surface area contributed by atoms with Gasteiger partial charge in [0.25, 0.3) is 0 Å². The van der Waals surface area contributed by atoms with E-state index < -0.39 is 11.8 Å². The second kappa shape index (κ2) is 8.05. The van der Waals surface area contributed by atoms with Crippen LogP contribution in [0.4, 0.5) is 17.1 Å². The first-order chi connectivity index (χ1) is 15.0. The number of hydrogen-bond donors (Lipinski definition) is 3. The average molecular weight is 415 g/mol. The minimum Gasteiger partial charge on any atom is -0.409 e. The zero-order chi connectivity index (χ0) is 22.0. The van der Waals surface area contributed by atoms with Crippen LogP contribution >= 0.6 is 0 Å². The Morgan fingerprint density at radius 2 is 2.00 bits per heavy atom. The molecule has 3 aromatic rings. The third kappa shape index (κ3) is 3.70. The number of fused-ring (bicyclic) bond motifs is 3. The van der Waals surface area contributed by atoms with Crippen molar-refractivity contribution in [2.24, 2.45) is 16.0 Å². The lowest BCUT2D eigenvalue weighted by molar-refractivity contribution is -0.124. The maximum absolute atomic E-state index is 13.0. The van der Waals surface area contributed by atoms with Crippen LogP contribution in [0.15, 0.2) is 64.9 Å². The summed E-state index contributed by atoms with van der Waals surface area (Å²) in [6, 6.07) is 15.8. The summed E-state index contributed by atoms with van der Waals surface area (Å²) in [6.45, 7) is 0.161. The fourth-order valence-electron chi connectivity index (χ4n) is 3.56. The SMILES string of the molecule is [N-]=[N+]=NCc1ccc2ccc3c(c2c1)NC(=O)CC(=O)N3c1cccc(/C(N)=N/O)c1. The maximum Gasteiger partial charge on any atom is 0.241 e. The van der Waals surface area contributed by atoms with E-state index in [0.717, 1.165) is 10.9 Å². The Labute approximate surface area is 176 Å². The summed E-state index contributed by atoms with van der Waals surface area (Å²) in [5, 5.41) is 20.0. The number of rotatable bonds is 4. The molecule has 2 amide bonds. The number of hydrogen-bond acceptors (Lipinski definition) is 5. The van der Waals surface area contributed by atoms with Gasteiger partial charge in [0.1, 0.15) is 6.42 Å². The Morgan fingerprint density at radius 3 is 2.77 bits per heavy atom. The number of amides is 2. The smallest absolute Gasteiger partial charge is 0.241 e. The molecule has 154 valence electrons. The molecule has 0 aromatic heterocycles. The predicted molar refractivity (Wildman–Crippen MR) is 116 cm³/mol. The third-order valence-electron chi connectivity index (χ3n) is 4.95. The molecule has 0 saturated carbocycles. The number of nitrogens with zero attached hydrogens (tertiary/aromatic N) is 5. The lowest BCUT2D eigenvalue weighted by Gasteiger charge is -2.24. The van der Waals surface area contributed by atoms with Gasteiger partial charge in [-0.3, -0.25) is 14.5 Å². The van der Waals surface area contributed by atoms with Crippen molar-refractivity contribution in [1.29, 1.82) is 0 Å². The lowest BCUT2D eigenvalue weighted by Crippen LogP contribution is -2.26. The molecule has 31 heavy (non-hydrogen) atoms. The molecule has 3 aromatic carbocycles. The van der Waals surface area contributed by atoms with E-state index in [1.165, 1.54) is 4.90 Å². The molecule has 0 saturated heterocycles. The van der Waals surface area contributed by atoms with Gasteiger partial charge in [0.05, 0.1) is 17.9 Å². The van der Waals surface area contributed by atoms with E-state index in [2.05, 4.69) is 20.5 Å². The predicted octanol–water partition coefficient (Wildman–Crippen LogP) is 3.75. The fraction of sp³-hybridized carbons (Fsp3) is 0.0952. The highest BCUT2D eigenvalue weighted by atomic mass is 16.4. The van der Waals surface area contributed by atoms with E-state index in [4.69, 9.17) is 16.5 Å². The van der Waals surface area contributed by atoms with Gasteiger partial charge in [0.2, 0.25) is 11.8 Å². The summed E-state index contributed by atoms with van der Waals surface area (Å²) in [5.74, 6) is -0.952. The quantitative estimate of drug-likeness (QED) is 0.0866. The molecule has 0 aliphatic carbocycles. The highest BCUT2D eigenvalue weighted by molar-refractivity contribution is 6.21. The number of amidine groups is 1. The number of benzene rings is 3. The summed E-state index contributed by atoms with van der Waals surface area (Å²) < 4.78 is 0. The van der Waals surface area contributed by atoms with Gasteiger partial charge in [-0.15, -0.1) is 0 Å². The van der Waals surface area contributed by atoms with Crippen molar-refractivity contribution < 1.29 is 14.8 Å². The molecule has 0 unspecified atom stereocenters. The first-order valence-corrected chi connectivity index (χ1v) is 9.29. The van der Waals surface area contributed by atoms with Gasteiger partial charge in [-0.25, -0.2) is 0 Å². The number of nitrogens with one attached hydrogen (secondary N) is 1. The Kier molecular flexibility index (Phi) is 5.13. The molecule has 0 atom stereocenters. The number of nitrogens with two attached hydrogens (primary N) is 1. The van der Waals surface area contributed by atoms with Crippen LogP contribution in [0.5, 0.6) is 0 Å². The summed E-state index contributed by atoms with van der Waals surface area (Å²) in [7, 11) is 0. The van der Waals surface area contributed by atoms with Crippen LogP contribution in [0, 0.1) is 0 Å². The van der Waals surface area contributed by atoms with Crippen molar-refractivity contribution in [3.63, 3.8) is 0 Å². The Hall–Kier alpha value is -4.56. The Bertz CT molecular complexity index is 1300. The molecule has 10 nitrogen and oxygen atoms in total. The van der Waals surface area contributed by atoms with Crippen molar-refractivity contribution in [2.75, 3.05) is 10.2 Å². The van der Waals surface area contributed by atoms with Gasteiger partial charge in [-0.1, -0.05) is 40.6 Å². The highest BCUT2D eigenvalue weighted by Crippen LogP contribution is 2.40. The minimum atomic E-state index is -0.436. The first kappa shape index (κ1) is 19.7. The monoisotopic (exact) mass is 415 g/mol. The van der Waals surface area contributed by atoms with Gasteiger partial charge in [-0.05, 0) is 40.7 Å². The van der Waals surface area contributed by atoms with Gasteiger partial charge in [-0.2, -0.15) is 0 Å².